The first-order valence-corrected chi connectivity index (χ1v) is 4.03. The Morgan fingerprint density at radius 1 is 1.42 bits per heavy atom. The van der Waals surface area contributed by atoms with E-state index < -0.39 is 11.4 Å². The van der Waals surface area contributed by atoms with E-state index in [-0.39, 0.29) is 5.02 Å². The molecule has 0 atom stereocenters. The molecule has 0 amide bonds. The van der Waals surface area contributed by atoms with Crippen LogP contribution in [-0.4, -0.2) is 0 Å². The van der Waals surface area contributed by atoms with Gasteiger partial charge < -0.3 is 5.73 Å². The molecule has 0 bridgehead atoms. The van der Waals surface area contributed by atoms with Crippen molar-refractivity contribution in [3.63, 3.8) is 0 Å². The van der Waals surface area contributed by atoms with E-state index in [1.165, 1.54) is 6.07 Å². The minimum Gasteiger partial charge on any atom is -0.322 e. The van der Waals surface area contributed by atoms with Gasteiger partial charge in [-0.3, -0.25) is 0 Å². The normalized spacial score (nSPS) is 11.8. The van der Waals surface area contributed by atoms with Crippen molar-refractivity contribution in [3.05, 3.63) is 34.6 Å². The Hall–Kier alpha value is -0.600. The van der Waals surface area contributed by atoms with Gasteiger partial charge in [-0.2, -0.15) is 0 Å². The fraction of sp³-hybridized carbons (Fsp3) is 0.333. The molecule has 12 heavy (non-hydrogen) atoms. The summed E-state index contributed by atoms with van der Waals surface area (Å²) < 4.78 is 12.7. The molecule has 1 nitrogen and oxygen atoms in total. The van der Waals surface area contributed by atoms with Gasteiger partial charge in [0.15, 0.2) is 0 Å². The largest absolute Gasteiger partial charge is 0.322 e. The summed E-state index contributed by atoms with van der Waals surface area (Å²) in [4.78, 5) is 0. The predicted molar refractivity (Wildman–Crippen MR) is 48.6 cm³/mol. The standard InChI is InChI=1S/C9H11ClFN/c1-9(2,12)6-3-4-8(11)7(10)5-6/h3-5H,12H2,1-2H3. The van der Waals surface area contributed by atoms with E-state index in [1.807, 2.05) is 13.8 Å². The van der Waals surface area contributed by atoms with Gasteiger partial charge in [-0.25, -0.2) is 4.39 Å². The molecule has 0 aromatic heterocycles. The highest BCUT2D eigenvalue weighted by Gasteiger charge is 2.14. The maximum atomic E-state index is 12.7. The Bertz CT molecular complexity index is 291. The number of nitrogens with two attached hydrogens (primary N) is 1. The third kappa shape index (κ3) is 1.96. The summed E-state index contributed by atoms with van der Waals surface area (Å²) in [6.07, 6.45) is 0. The Morgan fingerprint density at radius 2 is 2.00 bits per heavy atom. The van der Waals surface area contributed by atoms with Crippen molar-refractivity contribution in [2.24, 2.45) is 5.73 Å². The predicted octanol–water partition coefficient (Wildman–Crippen LogP) is 2.67. The minimum atomic E-state index is -0.475. The fourth-order valence-corrected chi connectivity index (χ4v) is 1.08. The summed E-state index contributed by atoms with van der Waals surface area (Å²) >= 11 is 5.59. The zero-order chi connectivity index (χ0) is 9.35. The molecule has 0 fully saturated rings. The lowest BCUT2D eigenvalue weighted by Gasteiger charge is -2.19. The molecule has 0 aliphatic carbocycles. The van der Waals surface area contributed by atoms with Crippen LogP contribution in [0, 0.1) is 5.82 Å². The van der Waals surface area contributed by atoms with Gasteiger partial charge in [0, 0.05) is 5.54 Å². The van der Waals surface area contributed by atoms with Crippen LogP contribution in [0.3, 0.4) is 0 Å². The molecule has 0 aliphatic heterocycles. The molecule has 0 radical (unpaired) electrons. The van der Waals surface area contributed by atoms with Gasteiger partial charge in [0.05, 0.1) is 5.02 Å². The highest BCUT2D eigenvalue weighted by Crippen LogP contribution is 2.22. The molecule has 1 aromatic rings. The van der Waals surface area contributed by atoms with Crippen LogP contribution in [-0.2, 0) is 5.54 Å². The van der Waals surface area contributed by atoms with E-state index in [2.05, 4.69) is 0 Å². The van der Waals surface area contributed by atoms with Crippen LogP contribution in [0.15, 0.2) is 18.2 Å². The summed E-state index contributed by atoms with van der Waals surface area (Å²) in [7, 11) is 0. The number of rotatable bonds is 1. The highest BCUT2D eigenvalue weighted by molar-refractivity contribution is 6.30. The topological polar surface area (TPSA) is 26.0 Å². The number of benzene rings is 1. The summed E-state index contributed by atoms with van der Waals surface area (Å²) in [6.45, 7) is 3.69. The molecule has 2 N–H and O–H groups in total. The van der Waals surface area contributed by atoms with Gasteiger partial charge in [-0.15, -0.1) is 0 Å². The van der Waals surface area contributed by atoms with Gasteiger partial charge in [0.1, 0.15) is 5.82 Å². The SMILES string of the molecule is CC(C)(N)c1ccc(F)c(Cl)c1. The van der Waals surface area contributed by atoms with Crippen LogP contribution in [0.5, 0.6) is 0 Å². The third-order valence-electron chi connectivity index (χ3n) is 1.66. The molecule has 66 valence electrons. The fourth-order valence-electron chi connectivity index (χ4n) is 0.897. The first-order chi connectivity index (χ1) is 5.41. The van der Waals surface area contributed by atoms with Crippen LogP contribution in [0.2, 0.25) is 5.02 Å². The Kier molecular flexibility index (Phi) is 2.40. The monoisotopic (exact) mass is 187 g/mol. The Morgan fingerprint density at radius 3 is 2.42 bits per heavy atom. The second kappa shape index (κ2) is 3.04. The van der Waals surface area contributed by atoms with Crippen molar-refractivity contribution >= 4 is 11.6 Å². The zero-order valence-electron chi connectivity index (χ0n) is 7.07. The average molecular weight is 188 g/mol. The summed E-state index contributed by atoms with van der Waals surface area (Å²) in [5.41, 5.74) is 6.15. The molecule has 1 rings (SSSR count). The molecule has 0 spiro atoms. The van der Waals surface area contributed by atoms with E-state index in [9.17, 15) is 4.39 Å². The Balaban J connectivity index is 3.14. The lowest BCUT2D eigenvalue weighted by Crippen LogP contribution is -2.28. The van der Waals surface area contributed by atoms with Gasteiger partial charge in [-0.05, 0) is 31.5 Å². The van der Waals surface area contributed by atoms with Gasteiger partial charge >= 0.3 is 0 Å². The summed E-state index contributed by atoms with van der Waals surface area (Å²) in [6, 6.07) is 4.52. The van der Waals surface area contributed by atoms with Gasteiger partial charge in [0.2, 0.25) is 0 Å². The van der Waals surface area contributed by atoms with Crippen LogP contribution in [0.25, 0.3) is 0 Å². The molecule has 0 heterocycles. The molecule has 0 saturated heterocycles. The molecule has 0 saturated carbocycles. The van der Waals surface area contributed by atoms with Crippen molar-refractivity contribution in [2.45, 2.75) is 19.4 Å². The number of hydrogen-bond acceptors (Lipinski definition) is 1. The molecule has 0 aliphatic rings. The van der Waals surface area contributed by atoms with E-state index >= 15 is 0 Å². The third-order valence-corrected chi connectivity index (χ3v) is 1.95. The number of hydrogen-bond donors (Lipinski definition) is 1. The van der Waals surface area contributed by atoms with Gasteiger partial charge in [0.25, 0.3) is 0 Å². The van der Waals surface area contributed by atoms with E-state index in [0.717, 1.165) is 5.56 Å². The smallest absolute Gasteiger partial charge is 0.141 e. The van der Waals surface area contributed by atoms with Crippen LogP contribution >= 0.6 is 11.6 Å². The second-order valence-corrected chi connectivity index (χ2v) is 3.76. The summed E-state index contributed by atoms with van der Waals surface area (Å²) in [5, 5.41) is 0.117. The van der Waals surface area contributed by atoms with E-state index in [0.29, 0.717) is 0 Å². The lowest BCUT2D eigenvalue weighted by molar-refractivity contribution is 0.551. The molecule has 3 heteroatoms. The van der Waals surface area contributed by atoms with Gasteiger partial charge in [-0.1, -0.05) is 17.7 Å². The molecule has 0 unspecified atom stereocenters. The van der Waals surface area contributed by atoms with Crippen molar-refractivity contribution in [3.8, 4) is 0 Å². The first kappa shape index (κ1) is 9.49. The highest BCUT2D eigenvalue weighted by atomic mass is 35.5. The van der Waals surface area contributed by atoms with Crippen LogP contribution in [0.1, 0.15) is 19.4 Å². The lowest BCUT2D eigenvalue weighted by atomic mass is 9.96. The van der Waals surface area contributed by atoms with Crippen molar-refractivity contribution in [2.75, 3.05) is 0 Å². The van der Waals surface area contributed by atoms with E-state index in [1.54, 1.807) is 12.1 Å². The molecular weight excluding hydrogens is 177 g/mol. The first-order valence-electron chi connectivity index (χ1n) is 3.65. The maximum Gasteiger partial charge on any atom is 0.141 e. The minimum absolute atomic E-state index is 0.117. The molecule has 1 aromatic carbocycles. The second-order valence-electron chi connectivity index (χ2n) is 3.35. The van der Waals surface area contributed by atoms with Crippen molar-refractivity contribution in [1.29, 1.82) is 0 Å². The van der Waals surface area contributed by atoms with E-state index in [4.69, 9.17) is 17.3 Å². The summed E-state index contributed by atoms with van der Waals surface area (Å²) in [5.74, 6) is -0.412. The molecular formula is C9H11ClFN. The van der Waals surface area contributed by atoms with Crippen molar-refractivity contribution < 1.29 is 4.39 Å². The Labute approximate surface area is 76.3 Å². The quantitative estimate of drug-likeness (QED) is 0.719. The zero-order valence-corrected chi connectivity index (χ0v) is 7.82. The number of halogens is 2. The van der Waals surface area contributed by atoms with Crippen LogP contribution in [0.4, 0.5) is 4.39 Å². The maximum absolute atomic E-state index is 12.7. The van der Waals surface area contributed by atoms with Crippen LogP contribution < -0.4 is 5.73 Å². The van der Waals surface area contributed by atoms with Crippen molar-refractivity contribution in [1.82, 2.24) is 0 Å². The average Bonchev–Trinajstić information content (AvgIpc) is 1.92.